The third kappa shape index (κ3) is 3.11. The van der Waals surface area contributed by atoms with Gasteiger partial charge in [0.2, 0.25) is 0 Å². The Morgan fingerprint density at radius 3 is 2.90 bits per heavy atom. The molecule has 3 aromatic rings. The first-order valence-electron chi connectivity index (χ1n) is 6.66. The van der Waals surface area contributed by atoms with Gasteiger partial charge < -0.3 is 10.5 Å². The summed E-state index contributed by atoms with van der Waals surface area (Å²) in [7, 11) is 1.66. The lowest BCUT2D eigenvalue weighted by molar-refractivity contribution is 0.414. The summed E-state index contributed by atoms with van der Waals surface area (Å²) in [4.78, 5) is 5.38. The Hall–Kier alpha value is -2.20. The van der Waals surface area contributed by atoms with Crippen LogP contribution in [0.15, 0.2) is 59.6 Å². The zero-order chi connectivity index (χ0) is 14.7. The van der Waals surface area contributed by atoms with Crippen LogP contribution in [0, 0.1) is 0 Å². The Labute approximate surface area is 128 Å². The summed E-state index contributed by atoms with van der Waals surface area (Å²) in [5.41, 5.74) is 9.07. The number of hydrogen-bond acceptors (Lipinski definition) is 4. The van der Waals surface area contributed by atoms with Crippen molar-refractivity contribution in [2.45, 2.75) is 10.6 Å². The fourth-order valence-electron chi connectivity index (χ4n) is 2.14. The van der Waals surface area contributed by atoms with Gasteiger partial charge in [-0.25, -0.2) is 0 Å². The Balaban J connectivity index is 1.80. The van der Waals surface area contributed by atoms with Crippen LogP contribution in [0.4, 0.5) is 5.69 Å². The second-order valence-corrected chi connectivity index (χ2v) is 5.74. The summed E-state index contributed by atoms with van der Waals surface area (Å²) < 4.78 is 5.24. The van der Waals surface area contributed by atoms with E-state index in [1.54, 1.807) is 18.9 Å². The van der Waals surface area contributed by atoms with Crippen molar-refractivity contribution in [2.24, 2.45) is 0 Å². The molecular weight excluding hydrogens is 280 g/mol. The third-order valence-corrected chi connectivity index (χ3v) is 4.42. The largest absolute Gasteiger partial charge is 0.497 e. The number of aromatic nitrogens is 1. The van der Waals surface area contributed by atoms with Crippen molar-refractivity contribution in [3.8, 4) is 5.75 Å². The van der Waals surface area contributed by atoms with Gasteiger partial charge >= 0.3 is 0 Å². The molecule has 1 heterocycles. The molecule has 2 aromatic carbocycles. The number of nitrogens with zero attached hydrogens (tertiary/aromatic N) is 1. The number of pyridine rings is 1. The lowest BCUT2D eigenvalue weighted by Crippen LogP contribution is -1.91. The number of nitrogens with two attached hydrogens (primary N) is 1. The van der Waals surface area contributed by atoms with Crippen molar-refractivity contribution >= 4 is 28.4 Å². The van der Waals surface area contributed by atoms with Gasteiger partial charge in [-0.05, 0) is 42.0 Å². The van der Waals surface area contributed by atoms with Crippen molar-refractivity contribution in [2.75, 3.05) is 12.8 Å². The first-order chi connectivity index (χ1) is 10.3. The van der Waals surface area contributed by atoms with Gasteiger partial charge in [-0.15, -0.1) is 11.8 Å². The molecule has 0 amide bonds. The molecular formula is C17H16N2OS. The zero-order valence-corrected chi connectivity index (χ0v) is 12.6. The lowest BCUT2D eigenvalue weighted by Gasteiger charge is -2.08. The van der Waals surface area contributed by atoms with E-state index in [4.69, 9.17) is 10.5 Å². The Morgan fingerprint density at radius 2 is 2.05 bits per heavy atom. The number of hydrogen-bond donors (Lipinski definition) is 1. The summed E-state index contributed by atoms with van der Waals surface area (Å²) in [5.74, 6) is 1.69. The molecule has 0 radical (unpaired) electrons. The maximum Gasteiger partial charge on any atom is 0.120 e. The molecule has 0 bridgehead atoms. The molecule has 0 saturated heterocycles. The second-order valence-electron chi connectivity index (χ2n) is 4.72. The normalized spacial score (nSPS) is 10.7. The SMILES string of the molecule is COc1ccc(N)c(SCc2ccc3ncccc3c2)c1. The monoisotopic (exact) mass is 296 g/mol. The number of rotatable bonds is 4. The maximum atomic E-state index is 6.01. The number of nitrogen functional groups attached to an aromatic ring is 1. The predicted octanol–water partition coefficient (Wildman–Crippen LogP) is 4.12. The first-order valence-corrected chi connectivity index (χ1v) is 7.65. The maximum absolute atomic E-state index is 6.01. The number of anilines is 1. The summed E-state index contributed by atoms with van der Waals surface area (Å²) >= 11 is 1.71. The van der Waals surface area contributed by atoms with Gasteiger partial charge in [-0.1, -0.05) is 12.1 Å². The van der Waals surface area contributed by atoms with Crippen molar-refractivity contribution in [3.05, 3.63) is 60.3 Å². The van der Waals surface area contributed by atoms with E-state index in [1.807, 2.05) is 30.5 Å². The average molecular weight is 296 g/mol. The van der Waals surface area contributed by atoms with Gasteiger partial charge in [-0.3, -0.25) is 4.98 Å². The Kier molecular flexibility index (Phi) is 3.97. The fraction of sp³-hybridized carbons (Fsp3) is 0.118. The highest BCUT2D eigenvalue weighted by Gasteiger charge is 2.04. The first kappa shape index (κ1) is 13.8. The number of benzene rings is 2. The van der Waals surface area contributed by atoms with Crippen LogP contribution in [0.3, 0.4) is 0 Å². The van der Waals surface area contributed by atoms with Gasteiger partial charge in [0.25, 0.3) is 0 Å². The van der Waals surface area contributed by atoms with Crippen molar-refractivity contribution in [1.29, 1.82) is 0 Å². The standard InChI is InChI=1S/C17H16N2OS/c1-20-14-5-6-15(18)17(10-14)21-11-12-4-7-16-13(9-12)3-2-8-19-16/h2-10H,11,18H2,1H3. The van der Waals surface area contributed by atoms with Crippen LogP contribution >= 0.6 is 11.8 Å². The van der Waals surface area contributed by atoms with Gasteiger partial charge in [0.1, 0.15) is 5.75 Å². The molecule has 0 aliphatic carbocycles. The number of methoxy groups -OCH3 is 1. The van der Waals surface area contributed by atoms with E-state index in [9.17, 15) is 0 Å². The number of thioether (sulfide) groups is 1. The van der Waals surface area contributed by atoms with E-state index < -0.39 is 0 Å². The van der Waals surface area contributed by atoms with Gasteiger partial charge in [0, 0.05) is 27.9 Å². The molecule has 1 aromatic heterocycles. The highest BCUT2D eigenvalue weighted by Crippen LogP contribution is 2.31. The zero-order valence-electron chi connectivity index (χ0n) is 11.7. The summed E-state index contributed by atoms with van der Waals surface area (Å²) in [6, 6.07) is 16.1. The minimum absolute atomic E-state index is 0.781. The van der Waals surface area contributed by atoms with Crippen LogP contribution in [0.2, 0.25) is 0 Å². The molecule has 21 heavy (non-hydrogen) atoms. The van der Waals surface area contributed by atoms with Gasteiger partial charge in [0.05, 0.1) is 12.6 Å². The van der Waals surface area contributed by atoms with Crippen LogP contribution in [0.25, 0.3) is 10.9 Å². The minimum Gasteiger partial charge on any atom is -0.497 e. The average Bonchev–Trinajstić information content (AvgIpc) is 2.54. The van der Waals surface area contributed by atoms with Gasteiger partial charge in [-0.2, -0.15) is 0 Å². The summed E-state index contributed by atoms with van der Waals surface area (Å²) in [5, 5.41) is 1.16. The van der Waals surface area contributed by atoms with E-state index >= 15 is 0 Å². The smallest absolute Gasteiger partial charge is 0.120 e. The van der Waals surface area contributed by atoms with Crippen LogP contribution in [-0.2, 0) is 5.75 Å². The fourth-order valence-corrected chi connectivity index (χ4v) is 3.08. The molecule has 4 heteroatoms. The lowest BCUT2D eigenvalue weighted by atomic mass is 10.1. The van der Waals surface area contributed by atoms with Crippen LogP contribution in [0.5, 0.6) is 5.75 Å². The quantitative estimate of drug-likeness (QED) is 0.581. The van der Waals surface area contributed by atoms with Crippen LogP contribution in [-0.4, -0.2) is 12.1 Å². The van der Waals surface area contributed by atoms with E-state index in [1.165, 1.54) is 5.56 Å². The number of fused-ring (bicyclic) bond motifs is 1. The highest BCUT2D eigenvalue weighted by molar-refractivity contribution is 7.98. The molecule has 0 aliphatic rings. The molecule has 0 spiro atoms. The van der Waals surface area contributed by atoms with E-state index in [0.717, 1.165) is 33.0 Å². The predicted molar refractivity (Wildman–Crippen MR) is 88.7 cm³/mol. The molecule has 2 N–H and O–H groups in total. The topological polar surface area (TPSA) is 48.1 Å². The van der Waals surface area contributed by atoms with E-state index in [-0.39, 0.29) is 0 Å². The van der Waals surface area contributed by atoms with E-state index in [2.05, 4.69) is 29.2 Å². The summed E-state index contributed by atoms with van der Waals surface area (Å²) in [6.07, 6.45) is 1.81. The van der Waals surface area contributed by atoms with Crippen LogP contribution < -0.4 is 10.5 Å². The van der Waals surface area contributed by atoms with E-state index in [0.29, 0.717) is 0 Å². The van der Waals surface area contributed by atoms with Gasteiger partial charge in [0.15, 0.2) is 0 Å². The van der Waals surface area contributed by atoms with Crippen molar-refractivity contribution in [1.82, 2.24) is 4.98 Å². The molecule has 3 nitrogen and oxygen atoms in total. The third-order valence-electron chi connectivity index (χ3n) is 3.28. The summed E-state index contributed by atoms with van der Waals surface area (Å²) in [6.45, 7) is 0. The molecule has 0 aliphatic heterocycles. The van der Waals surface area contributed by atoms with Crippen molar-refractivity contribution < 1.29 is 4.74 Å². The highest BCUT2D eigenvalue weighted by atomic mass is 32.2. The molecule has 0 saturated carbocycles. The molecule has 3 rings (SSSR count). The molecule has 0 unspecified atom stereocenters. The van der Waals surface area contributed by atoms with Crippen molar-refractivity contribution in [3.63, 3.8) is 0 Å². The van der Waals surface area contributed by atoms with Crippen LogP contribution in [0.1, 0.15) is 5.56 Å². The second kappa shape index (κ2) is 6.06. The Morgan fingerprint density at radius 1 is 1.14 bits per heavy atom. The molecule has 0 atom stereocenters. The number of ether oxygens (including phenoxy) is 1. The molecule has 106 valence electrons. The molecule has 0 fully saturated rings. The minimum atomic E-state index is 0.781. The Bertz CT molecular complexity index is 774.